The molecule has 0 bridgehead atoms. The first-order valence-electron chi connectivity index (χ1n) is 12.5. The number of rotatable bonds is 6. The number of aliphatic hydroxyl groups excluding tert-OH is 1. The lowest BCUT2D eigenvalue weighted by Crippen LogP contribution is -2.54. The Bertz CT molecular complexity index is 1060. The summed E-state index contributed by atoms with van der Waals surface area (Å²) in [5.74, 6) is -1.38. The van der Waals surface area contributed by atoms with E-state index < -0.39 is 22.6 Å². The Hall–Kier alpha value is -2.58. The Balaban J connectivity index is 1.54. The molecule has 5 rings (SSSR count). The summed E-state index contributed by atoms with van der Waals surface area (Å²) < 4.78 is -0.793. The lowest BCUT2D eigenvalue weighted by molar-refractivity contribution is -0.145. The molecule has 0 saturated carbocycles. The molecule has 4 aliphatic heterocycles. The van der Waals surface area contributed by atoms with Crippen molar-refractivity contribution in [3.05, 3.63) is 60.2 Å². The van der Waals surface area contributed by atoms with Crippen LogP contribution < -0.4 is 0 Å². The second-order valence-corrected chi connectivity index (χ2v) is 11.6. The van der Waals surface area contributed by atoms with Gasteiger partial charge in [0, 0.05) is 44.1 Å². The van der Waals surface area contributed by atoms with Gasteiger partial charge in [-0.1, -0.05) is 54.6 Å². The summed E-state index contributed by atoms with van der Waals surface area (Å²) in [6.07, 6.45) is 8.54. The minimum absolute atomic E-state index is 0.00378. The van der Waals surface area contributed by atoms with Crippen molar-refractivity contribution in [3.8, 4) is 0 Å². The van der Waals surface area contributed by atoms with Gasteiger partial charge in [-0.3, -0.25) is 14.4 Å². The van der Waals surface area contributed by atoms with Gasteiger partial charge in [0.05, 0.1) is 16.6 Å². The van der Waals surface area contributed by atoms with Crippen molar-refractivity contribution in [2.24, 2.45) is 11.8 Å². The molecule has 0 aromatic heterocycles. The molecule has 3 amide bonds. The number of amides is 3. The average Bonchev–Trinajstić information content (AvgIpc) is 3.15. The van der Waals surface area contributed by atoms with E-state index in [1.54, 1.807) is 16.7 Å². The van der Waals surface area contributed by atoms with E-state index in [1.165, 1.54) is 0 Å². The molecule has 0 radical (unpaired) electrons. The Morgan fingerprint density at radius 3 is 2.54 bits per heavy atom. The van der Waals surface area contributed by atoms with E-state index in [0.717, 1.165) is 5.56 Å². The number of carbonyl (C=O) groups excluding carboxylic acids is 3. The highest BCUT2D eigenvalue weighted by Crippen LogP contribution is 2.61. The number of carbonyl (C=O) groups is 3. The zero-order valence-electron chi connectivity index (χ0n) is 20.2. The Morgan fingerprint density at radius 2 is 1.83 bits per heavy atom. The highest BCUT2D eigenvalue weighted by Gasteiger charge is 2.70. The minimum Gasteiger partial charge on any atom is -0.396 e. The van der Waals surface area contributed by atoms with Gasteiger partial charge >= 0.3 is 0 Å². The number of fused-ring (bicyclic) bond motifs is 2. The second kappa shape index (κ2) is 9.47. The fourth-order valence-corrected chi connectivity index (χ4v) is 8.11. The molecule has 186 valence electrons. The van der Waals surface area contributed by atoms with E-state index in [-0.39, 0.29) is 35.6 Å². The first kappa shape index (κ1) is 24.1. The number of hydrogen-bond acceptors (Lipinski definition) is 5. The van der Waals surface area contributed by atoms with Crippen LogP contribution in [0, 0.1) is 11.8 Å². The second-order valence-electron chi connectivity index (χ2n) is 10.1. The maximum atomic E-state index is 14.0. The van der Waals surface area contributed by atoms with Crippen LogP contribution in [0.4, 0.5) is 0 Å². The van der Waals surface area contributed by atoms with Gasteiger partial charge in [-0.2, -0.15) is 0 Å². The molecule has 5 atom stereocenters. The number of likely N-dealkylation sites (tertiary alicyclic amines) is 1. The van der Waals surface area contributed by atoms with Crippen molar-refractivity contribution in [3.63, 3.8) is 0 Å². The van der Waals surface area contributed by atoms with Crippen LogP contribution in [0.25, 0.3) is 0 Å². The van der Waals surface area contributed by atoms with Crippen LogP contribution in [0.1, 0.15) is 25.8 Å². The average molecular weight is 496 g/mol. The van der Waals surface area contributed by atoms with E-state index in [0.29, 0.717) is 32.6 Å². The van der Waals surface area contributed by atoms with Gasteiger partial charge in [0.25, 0.3) is 0 Å². The smallest absolute Gasteiger partial charge is 0.247 e. The first-order valence-corrected chi connectivity index (χ1v) is 13.3. The van der Waals surface area contributed by atoms with E-state index in [9.17, 15) is 19.5 Å². The van der Waals surface area contributed by atoms with Crippen LogP contribution in [-0.2, 0) is 20.9 Å². The third-order valence-electron chi connectivity index (χ3n) is 7.67. The fourth-order valence-electron chi connectivity index (χ4n) is 6.10. The normalized spacial score (nSPS) is 32.1. The Kier molecular flexibility index (Phi) is 6.53. The summed E-state index contributed by atoms with van der Waals surface area (Å²) in [6, 6.07) is 9.21. The van der Waals surface area contributed by atoms with Crippen molar-refractivity contribution in [1.29, 1.82) is 0 Å². The van der Waals surface area contributed by atoms with E-state index >= 15 is 0 Å². The van der Waals surface area contributed by atoms with E-state index in [2.05, 4.69) is 6.08 Å². The molecular weight excluding hydrogens is 462 g/mol. The van der Waals surface area contributed by atoms with Crippen molar-refractivity contribution in [1.82, 2.24) is 14.7 Å². The summed E-state index contributed by atoms with van der Waals surface area (Å²) in [6.45, 7) is 5.69. The Morgan fingerprint density at radius 1 is 1.06 bits per heavy atom. The molecule has 2 fully saturated rings. The summed E-state index contributed by atoms with van der Waals surface area (Å²) in [4.78, 5) is 47.2. The van der Waals surface area contributed by atoms with Gasteiger partial charge in [0.1, 0.15) is 6.04 Å². The van der Waals surface area contributed by atoms with Crippen LogP contribution in [0.15, 0.2) is 54.6 Å². The fraction of sp³-hybridized carbons (Fsp3) is 0.519. The molecule has 4 heterocycles. The topological polar surface area (TPSA) is 81.2 Å². The first-order chi connectivity index (χ1) is 16.9. The lowest BCUT2D eigenvalue weighted by Gasteiger charge is -2.36. The van der Waals surface area contributed by atoms with Gasteiger partial charge in [-0.15, -0.1) is 11.8 Å². The predicted octanol–water partition coefficient (Wildman–Crippen LogP) is 2.07. The molecule has 8 heteroatoms. The molecule has 1 unspecified atom stereocenters. The highest BCUT2D eigenvalue weighted by atomic mass is 32.2. The van der Waals surface area contributed by atoms with Crippen LogP contribution in [0.5, 0.6) is 0 Å². The van der Waals surface area contributed by atoms with Gasteiger partial charge < -0.3 is 19.8 Å². The lowest BCUT2D eigenvalue weighted by atomic mass is 9.78. The number of nitrogens with zero attached hydrogens (tertiary/aromatic N) is 3. The van der Waals surface area contributed by atoms with Gasteiger partial charge in [-0.25, -0.2) is 0 Å². The third-order valence-corrected chi connectivity index (χ3v) is 9.41. The van der Waals surface area contributed by atoms with Crippen LogP contribution in [0.3, 0.4) is 0 Å². The van der Waals surface area contributed by atoms with Crippen molar-refractivity contribution in [2.45, 2.75) is 48.9 Å². The standard InChI is InChI=1S/C27H33N3O4S/c1-18(2)29-14-7-12-27-22(25(33)30(15-8-16-31)23(27)26(29)34)21-20(35-27)11-6-13-28(24(21)32)17-19-9-4-3-5-10-19/h3-7,9-12,18,20-23,31H,8,13-17H2,1-2H3/t20-,21+,22-,23?,27-/m0/s1. The van der Waals surface area contributed by atoms with Gasteiger partial charge in [-0.05, 0) is 25.8 Å². The molecule has 1 aromatic carbocycles. The van der Waals surface area contributed by atoms with Gasteiger partial charge in [0.2, 0.25) is 17.7 Å². The number of hydrogen-bond donors (Lipinski definition) is 1. The zero-order chi connectivity index (χ0) is 24.7. The molecule has 4 aliphatic rings. The monoisotopic (exact) mass is 495 g/mol. The SMILES string of the molecule is CC(C)N1CC=C[C@]23S[C@H]4C=CCN(Cc5ccccc5)C(=O)[C@H]4[C@H]2C(=O)N(CCCO)C3C1=O. The largest absolute Gasteiger partial charge is 0.396 e. The number of thioether (sulfide) groups is 1. The molecule has 2 saturated heterocycles. The Labute approximate surface area is 210 Å². The molecule has 0 aliphatic carbocycles. The molecular formula is C27H33N3O4S. The van der Waals surface area contributed by atoms with Crippen molar-refractivity contribution >= 4 is 29.5 Å². The van der Waals surface area contributed by atoms with Crippen molar-refractivity contribution in [2.75, 3.05) is 26.2 Å². The molecule has 1 aromatic rings. The third kappa shape index (κ3) is 3.91. The molecule has 7 nitrogen and oxygen atoms in total. The molecule has 35 heavy (non-hydrogen) atoms. The van der Waals surface area contributed by atoms with Crippen LogP contribution in [-0.4, -0.2) is 85.8 Å². The maximum Gasteiger partial charge on any atom is 0.247 e. The number of benzene rings is 1. The zero-order valence-corrected chi connectivity index (χ0v) is 21.1. The summed E-state index contributed by atoms with van der Waals surface area (Å²) >= 11 is 1.60. The molecule has 1 N–H and O–H groups in total. The quantitative estimate of drug-likeness (QED) is 0.611. The predicted molar refractivity (Wildman–Crippen MR) is 135 cm³/mol. The van der Waals surface area contributed by atoms with Crippen LogP contribution in [0.2, 0.25) is 0 Å². The van der Waals surface area contributed by atoms with E-state index in [1.807, 2.05) is 72.2 Å². The van der Waals surface area contributed by atoms with Crippen LogP contribution >= 0.6 is 11.8 Å². The minimum atomic E-state index is -0.793. The number of aliphatic hydroxyl groups is 1. The summed E-state index contributed by atoms with van der Waals surface area (Å²) in [5, 5.41) is 9.33. The van der Waals surface area contributed by atoms with E-state index in [4.69, 9.17) is 0 Å². The van der Waals surface area contributed by atoms with Crippen molar-refractivity contribution < 1.29 is 19.5 Å². The summed E-state index contributed by atoms with van der Waals surface area (Å²) in [7, 11) is 0. The van der Waals surface area contributed by atoms with Gasteiger partial charge in [0.15, 0.2) is 0 Å². The maximum absolute atomic E-state index is 14.0. The summed E-state index contributed by atoms with van der Waals surface area (Å²) in [5.41, 5.74) is 1.05. The highest BCUT2D eigenvalue weighted by molar-refractivity contribution is 8.02. The molecule has 1 spiro atoms.